The zero-order valence-electron chi connectivity index (χ0n) is 9.44. The molecule has 16 heavy (non-hydrogen) atoms. The fourth-order valence-corrected chi connectivity index (χ4v) is 1.68. The summed E-state index contributed by atoms with van der Waals surface area (Å²) in [6.07, 6.45) is 5.08. The molecule has 2 rings (SSSR count). The van der Waals surface area contributed by atoms with Gasteiger partial charge in [0.05, 0.1) is 0 Å². The van der Waals surface area contributed by atoms with Crippen LogP contribution in [0.5, 0.6) is 0 Å². The van der Waals surface area contributed by atoms with E-state index in [2.05, 4.69) is 12.1 Å². The van der Waals surface area contributed by atoms with Crippen LogP contribution in [0, 0.1) is 0 Å². The normalized spacial score (nSPS) is 10.6. The number of aryl methyl sites for hydroxylation is 1. The summed E-state index contributed by atoms with van der Waals surface area (Å²) < 4.78 is 5.05. The quantitative estimate of drug-likeness (QED) is 0.798. The van der Waals surface area contributed by atoms with E-state index in [0.29, 0.717) is 0 Å². The molecule has 0 spiro atoms. The Balaban J connectivity index is 2.26. The number of nitrogens with two attached hydrogens (primary N) is 1. The number of hydrogen-bond donors (Lipinski definition) is 1. The molecule has 2 N–H and O–H groups in total. The number of unbranched alkanes of at least 4 members (excludes halogenated alkanes) is 1. The van der Waals surface area contributed by atoms with Crippen LogP contribution in [0.25, 0.3) is 11.3 Å². The molecule has 84 valence electrons. The predicted molar refractivity (Wildman–Crippen MR) is 65.0 cm³/mol. The topological polar surface area (TPSA) is 52.0 Å². The second-order valence-electron chi connectivity index (χ2n) is 3.91. The summed E-state index contributed by atoms with van der Waals surface area (Å²) in [6, 6.07) is 7.71. The highest BCUT2D eigenvalue weighted by atomic mass is 16.5. The molecule has 3 nitrogen and oxygen atoms in total. The number of nitrogen functional groups attached to an aromatic ring is 1. The molecule has 0 fully saturated rings. The van der Waals surface area contributed by atoms with Crippen molar-refractivity contribution in [2.45, 2.75) is 26.2 Å². The van der Waals surface area contributed by atoms with Crippen LogP contribution in [-0.4, -0.2) is 5.16 Å². The Morgan fingerprint density at radius 1 is 1.25 bits per heavy atom. The highest BCUT2D eigenvalue weighted by molar-refractivity contribution is 5.64. The van der Waals surface area contributed by atoms with Crippen LogP contribution >= 0.6 is 0 Å². The lowest BCUT2D eigenvalue weighted by Gasteiger charge is -2.01. The second-order valence-corrected chi connectivity index (χ2v) is 3.91. The maximum absolute atomic E-state index is 5.65. The van der Waals surface area contributed by atoms with Crippen LogP contribution in [0.15, 0.2) is 35.1 Å². The average molecular weight is 216 g/mol. The van der Waals surface area contributed by atoms with E-state index in [0.717, 1.165) is 29.8 Å². The van der Waals surface area contributed by atoms with E-state index in [1.165, 1.54) is 12.0 Å². The van der Waals surface area contributed by atoms with Gasteiger partial charge in [-0.3, -0.25) is 0 Å². The van der Waals surface area contributed by atoms with Crippen LogP contribution in [0.1, 0.15) is 25.3 Å². The van der Waals surface area contributed by atoms with Crippen LogP contribution < -0.4 is 5.73 Å². The van der Waals surface area contributed by atoms with Crippen molar-refractivity contribution in [3.63, 3.8) is 0 Å². The third-order valence-corrected chi connectivity index (χ3v) is 2.63. The van der Waals surface area contributed by atoms with Crippen molar-refractivity contribution in [3.8, 4) is 11.3 Å². The SMILES string of the molecule is CCCCc1conc1-c1ccc(N)cc1. The molecule has 0 aliphatic rings. The smallest absolute Gasteiger partial charge is 0.127 e. The highest BCUT2D eigenvalue weighted by Crippen LogP contribution is 2.24. The van der Waals surface area contributed by atoms with Gasteiger partial charge >= 0.3 is 0 Å². The Hall–Kier alpha value is -1.77. The number of anilines is 1. The van der Waals surface area contributed by atoms with Gasteiger partial charge in [-0.2, -0.15) is 0 Å². The molecule has 0 saturated heterocycles. The standard InChI is InChI=1S/C13H16N2O/c1-2-3-4-11-9-16-15-13(11)10-5-7-12(14)8-6-10/h5-9H,2-4,14H2,1H3. The van der Waals surface area contributed by atoms with Gasteiger partial charge < -0.3 is 10.3 Å². The molecule has 3 heteroatoms. The van der Waals surface area contributed by atoms with Crippen molar-refractivity contribution in [2.24, 2.45) is 0 Å². The lowest BCUT2D eigenvalue weighted by atomic mass is 10.0. The van der Waals surface area contributed by atoms with Crippen molar-refractivity contribution < 1.29 is 4.52 Å². The first-order valence-electron chi connectivity index (χ1n) is 5.60. The summed E-state index contributed by atoms with van der Waals surface area (Å²) in [6.45, 7) is 2.18. The highest BCUT2D eigenvalue weighted by Gasteiger charge is 2.09. The second kappa shape index (κ2) is 4.84. The molecule has 1 aromatic carbocycles. The molecule has 0 atom stereocenters. The molecule has 0 amide bonds. The molecule has 0 bridgehead atoms. The minimum Gasteiger partial charge on any atom is -0.399 e. The molecule has 1 aromatic heterocycles. The van der Waals surface area contributed by atoms with Crippen molar-refractivity contribution in [3.05, 3.63) is 36.1 Å². The van der Waals surface area contributed by atoms with E-state index in [1.807, 2.05) is 24.3 Å². The third-order valence-electron chi connectivity index (χ3n) is 2.63. The van der Waals surface area contributed by atoms with Crippen LogP contribution in [0.2, 0.25) is 0 Å². The molecule has 0 aliphatic carbocycles. The Bertz CT molecular complexity index is 445. The van der Waals surface area contributed by atoms with E-state index in [4.69, 9.17) is 10.3 Å². The fraction of sp³-hybridized carbons (Fsp3) is 0.308. The van der Waals surface area contributed by atoms with Gasteiger partial charge in [-0.1, -0.05) is 30.6 Å². The molecule has 0 radical (unpaired) electrons. The van der Waals surface area contributed by atoms with Gasteiger partial charge in [0.15, 0.2) is 0 Å². The van der Waals surface area contributed by atoms with E-state index in [-0.39, 0.29) is 0 Å². The Labute approximate surface area is 95.3 Å². The summed E-state index contributed by atoms with van der Waals surface area (Å²) in [4.78, 5) is 0. The number of aromatic nitrogens is 1. The van der Waals surface area contributed by atoms with Gasteiger partial charge in [0, 0.05) is 16.8 Å². The van der Waals surface area contributed by atoms with Gasteiger partial charge in [-0.25, -0.2) is 0 Å². The van der Waals surface area contributed by atoms with Crippen LogP contribution in [0.3, 0.4) is 0 Å². The van der Waals surface area contributed by atoms with Crippen LogP contribution in [0.4, 0.5) is 5.69 Å². The molecular weight excluding hydrogens is 200 g/mol. The Kier molecular flexibility index (Phi) is 3.25. The largest absolute Gasteiger partial charge is 0.399 e. The number of rotatable bonds is 4. The van der Waals surface area contributed by atoms with Gasteiger partial charge in [0.25, 0.3) is 0 Å². The summed E-state index contributed by atoms with van der Waals surface area (Å²) in [5, 5.41) is 4.05. The average Bonchev–Trinajstić information content (AvgIpc) is 2.75. The van der Waals surface area contributed by atoms with Gasteiger partial charge in [-0.05, 0) is 25.0 Å². The van der Waals surface area contributed by atoms with E-state index >= 15 is 0 Å². The summed E-state index contributed by atoms with van der Waals surface area (Å²) in [5.41, 5.74) is 9.60. The van der Waals surface area contributed by atoms with E-state index in [9.17, 15) is 0 Å². The predicted octanol–water partition coefficient (Wildman–Crippen LogP) is 3.27. The van der Waals surface area contributed by atoms with E-state index < -0.39 is 0 Å². The van der Waals surface area contributed by atoms with Gasteiger partial charge in [0.2, 0.25) is 0 Å². The molecule has 1 heterocycles. The molecule has 0 saturated carbocycles. The molecule has 0 aliphatic heterocycles. The van der Waals surface area contributed by atoms with Gasteiger partial charge in [-0.15, -0.1) is 0 Å². The lowest BCUT2D eigenvalue weighted by Crippen LogP contribution is -1.88. The fourth-order valence-electron chi connectivity index (χ4n) is 1.68. The minimum absolute atomic E-state index is 0.766. The van der Waals surface area contributed by atoms with E-state index in [1.54, 1.807) is 6.26 Å². The van der Waals surface area contributed by atoms with Crippen molar-refractivity contribution >= 4 is 5.69 Å². The maximum Gasteiger partial charge on any atom is 0.127 e. The summed E-state index contributed by atoms with van der Waals surface area (Å²) in [7, 11) is 0. The minimum atomic E-state index is 0.766. The first-order valence-corrected chi connectivity index (χ1v) is 5.60. The van der Waals surface area contributed by atoms with Crippen LogP contribution in [-0.2, 0) is 6.42 Å². The molecular formula is C13H16N2O. The summed E-state index contributed by atoms with van der Waals surface area (Å²) in [5.74, 6) is 0. The molecule has 2 aromatic rings. The van der Waals surface area contributed by atoms with Crippen molar-refractivity contribution in [2.75, 3.05) is 5.73 Å². The number of benzene rings is 1. The lowest BCUT2D eigenvalue weighted by molar-refractivity contribution is 0.421. The van der Waals surface area contributed by atoms with Crippen molar-refractivity contribution in [1.29, 1.82) is 0 Å². The Morgan fingerprint density at radius 2 is 2.00 bits per heavy atom. The van der Waals surface area contributed by atoms with Gasteiger partial charge in [0.1, 0.15) is 12.0 Å². The Morgan fingerprint density at radius 3 is 2.69 bits per heavy atom. The third kappa shape index (κ3) is 2.24. The van der Waals surface area contributed by atoms with Crippen molar-refractivity contribution in [1.82, 2.24) is 5.16 Å². The maximum atomic E-state index is 5.65. The monoisotopic (exact) mass is 216 g/mol. The zero-order chi connectivity index (χ0) is 11.4. The number of nitrogens with zero attached hydrogens (tertiary/aromatic N) is 1. The molecule has 0 unspecified atom stereocenters. The first-order chi connectivity index (χ1) is 7.81. The number of hydrogen-bond acceptors (Lipinski definition) is 3. The summed E-state index contributed by atoms with van der Waals surface area (Å²) >= 11 is 0. The zero-order valence-corrected chi connectivity index (χ0v) is 9.44. The first kappa shape index (κ1) is 10.7.